The van der Waals surface area contributed by atoms with Crippen LogP contribution in [0, 0.1) is 0 Å². The Labute approximate surface area is 170 Å². The van der Waals surface area contributed by atoms with Crippen LogP contribution in [0.3, 0.4) is 0 Å². The summed E-state index contributed by atoms with van der Waals surface area (Å²) in [6.07, 6.45) is 0.665. The van der Waals surface area contributed by atoms with Crippen molar-refractivity contribution in [2.45, 2.75) is 33.0 Å². The fourth-order valence-electron chi connectivity index (χ4n) is 3.12. The summed E-state index contributed by atoms with van der Waals surface area (Å²) >= 11 is 3.27. The second-order valence-electron chi connectivity index (χ2n) is 6.53. The molecule has 0 amide bonds. The van der Waals surface area contributed by atoms with Crippen molar-refractivity contribution < 1.29 is 9.69 Å². The van der Waals surface area contributed by atoms with Gasteiger partial charge in [0.15, 0.2) is 0 Å². The van der Waals surface area contributed by atoms with Gasteiger partial charge in [-0.3, -0.25) is 19.1 Å². The molecule has 28 heavy (non-hydrogen) atoms. The summed E-state index contributed by atoms with van der Waals surface area (Å²) in [5.41, 5.74) is 4.62. The Morgan fingerprint density at radius 3 is 2.25 bits per heavy atom. The number of aromatic amines is 1. The third kappa shape index (κ3) is 4.67. The summed E-state index contributed by atoms with van der Waals surface area (Å²) in [4.78, 5) is 42.8. The van der Waals surface area contributed by atoms with Crippen LogP contribution in [0.25, 0.3) is 0 Å². The number of aromatic nitrogens is 2. The zero-order chi connectivity index (χ0) is 20.1. The van der Waals surface area contributed by atoms with Crippen LogP contribution >= 0.6 is 22.7 Å². The number of ketones is 1. The van der Waals surface area contributed by atoms with E-state index in [9.17, 15) is 14.4 Å². The number of Topliss-reactive ketones (excluding diaryl/α,β-unsaturated/α-hetero) is 1. The van der Waals surface area contributed by atoms with Gasteiger partial charge in [0.1, 0.15) is 31.0 Å². The number of hydrogen-bond donors (Lipinski definition) is 3. The molecule has 7 nitrogen and oxygen atoms in total. The molecule has 3 aromatic rings. The van der Waals surface area contributed by atoms with Gasteiger partial charge in [-0.15, -0.1) is 22.7 Å². The number of thiophene rings is 2. The van der Waals surface area contributed by atoms with Crippen LogP contribution in [-0.2, 0) is 19.6 Å². The van der Waals surface area contributed by atoms with E-state index in [-0.39, 0.29) is 23.7 Å². The first-order valence-corrected chi connectivity index (χ1v) is 10.8. The number of nitrogens with two attached hydrogens (primary N) is 1. The fourth-order valence-corrected chi connectivity index (χ4v) is 4.68. The lowest BCUT2D eigenvalue weighted by atomic mass is 10.1. The average molecular weight is 420 g/mol. The molecule has 3 rings (SSSR count). The van der Waals surface area contributed by atoms with Crippen molar-refractivity contribution in [3.8, 4) is 0 Å². The van der Waals surface area contributed by atoms with E-state index < -0.39 is 11.2 Å². The minimum Gasteiger partial charge on any atom is -0.384 e. The third-order valence-corrected chi connectivity index (χ3v) is 6.14. The van der Waals surface area contributed by atoms with Gasteiger partial charge in [0, 0.05) is 6.54 Å². The SMILES string of the molecule is CCCn1c(N)c(C(=O)C[NH+](Cc2cccs2)Cc2cccs2)c(=O)[nH]c1=O. The number of H-pyrrole nitrogens is 1. The Hall–Kier alpha value is -2.49. The largest absolute Gasteiger partial charge is 0.384 e. The van der Waals surface area contributed by atoms with Gasteiger partial charge < -0.3 is 10.6 Å². The Bertz CT molecular complexity index is 1000. The first-order chi connectivity index (χ1) is 13.5. The van der Waals surface area contributed by atoms with Gasteiger partial charge >= 0.3 is 5.69 Å². The lowest BCUT2D eigenvalue weighted by molar-refractivity contribution is -0.918. The Morgan fingerprint density at radius 1 is 1.14 bits per heavy atom. The van der Waals surface area contributed by atoms with Crippen LogP contribution in [0.2, 0.25) is 0 Å². The van der Waals surface area contributed by atoms with E-state index in [4.69, 9.17) is 5.73 Å². The van der Waals surface area contributed by atoms with Crippen LogP contribution in [0.1, 0.15) is 33.5 Å². The van der Waals surface area contributed by atoms with E-state index >= 15 is 0 Å². The molecule has 0 saturated heterocycles. The highest BCUT2D eigenvalue weighted by Crippen LogP contribution is 2.10. The molecule has 0 unspecified atom stereocenters. The molecule has 0 aliphatic heterocycles. The minimum absolute atomic E-state index is 0.0489. The molecule has 3 heterocycles. The zero-order valence-electron chi connectivity index (χ0n) is 15.6. The number of carbonyl (C=O) groups excluding carboxylic acids is 1. The van der Waals surface area contributed by atoms with E-state index in [0.717, 1.165) is 14.7 Å². The molecule has 0 saturated carbocycles. The van der Waals surface area contributed by atoms with E-state index in [1.807, 2.05) is 41.9 Å². The second-order valence-corrected chi connectivity index (χ2v) is 8.60. The third-order valence-electron chi connectivity index (χ3n) is 4.38. The highest BCUT2D eigenvalue weighted by Gasteiger charge is 2.24. The number of hydrogen-bond acceptors (Lipinski definition) is 6. The first kappa shape index (κ1) is 20.2. The maximum atomic E-state index is 13.0. The molecule has 148 valence electrons. The smallest absolute Gasteiger partial charge is 0.329 e. The predicted molar refractivity (Wildman–Crippen MR) is 112 cm³/mol. The zero-order valence-corrected chi connectivity index (χ0v) is 17.2. The standard InChI is InChI=1S/C19H22N4O3S2/c1-2-7-23-17(20)16(18(25)21-19(23)26)15(24)12-22(10-13-5-3-8-27-13)11-14-6-4-9-28-14/h3-6,8-9H,2,7,10-12,20H2,1H3,(H,21,25,26)/p+1. The summed E-state index contributed by atoms with van der Waals surface area (Å²) < 4.78 is 1.26. The number of carbonyl (C=O) groups is 1. The molecule has 0 aliphatic rings. The molecule has 0 spiro atoms. The van der Waals surface area contributed by atoms with Gasteiger partial charge in [-0.25, -0.2) is 4.79 Å². The molecular formula is C19H23N4O3S2+. The predicted octanol–water partition coefficient (Wildman–Crippen LogP) is 1.12. The van der Waals surface area contributed by atoms with Crippen LogP contribution in [0.15, 0.2) is 44.6 Å². The number of nitrogens with one attached hydrogen (secondary N) is 2. The molecule has 0 fully saturated rings. The van der Waals surface area contributed by atoms with E-state index in [0.29, 0.717) is 26.1 Å². The van der Waals surface area contributed by atoms with Crippen molar-refractivity contribution >= 4 is 34.3 Å². The minimum atomic E-state index is -0.716. The van der Waals surface area contributed by atoms with Crippen molar-refractivity contribution in [2.75, 3.05) is 12.3 Å². The molecule has 4 N–H and O–H groups in total. The Morgan fingerprint density at radius 2 is 1.75 bits per heavy atom. The number of anilines is 1. The maximum Gasteiger partial charge on any atom is 0.329 e. The van der Waals surface area contributed by atoms with Crippen LogP contribution in [-0.4, -0.2) is 21.9 Å². The Balaban J connectivity index is 1.88. The number of quaternary nitrogens is 1. The lowest BCUT2D eigenvalue weighted by Crippen LogP contribution is -3.10. The van der Waals surface area contributed by atoms with Gasteiger partial charge in [-0.05, 0) is 29.3 Å². The Kier molecular flexibility index (Phi) is 6.61. The van der Waals surface area contributed by atoms with Gasteiger partial charge in [0.2, 0.25) is 5.78 Å². The summed E-state index contributed by atoms with van der Waals surface area (Å²) in [5, 5.41) is 4.01. The molecule has 3 aromatic heterocycles. The number of nitrogens with zero attached hydrogens (tertiary/aromatic N) is 1. The number of rotatable bonds is 9. The topological polar surface area (TPSA) is 102 Å². The van der Waals surface area contributed by atoms with Gasteiger partial charge in [0.05, 0.1) is 9.75 Å². The highest BCUT2D eigenvalue weighted by molar-refractivity contribution is 7.10. The molecule has 0 atom stereocenters. The summed E-state index contributed by atoms with van der Waals surface area (Å²) in [5.74, 6) is -0.404. The van der Waals surface area contributed by atoms with Crippen LogP contribution < -0.4 is 21.9 Å². The summed E-state index contributed by atoms with van der Waals surface area (Å²) in [7, 11) is 0. The van der Waals surface area contributed by atoms with Gasteiger partial charge in [0.25, 0.3) is 5.56 Å². The normalized spacial score (nSPS) is 11.2. The molecule has 0 aromatic carbocycles. The van der Waals surface area contributed by atoms with Crippen molar-refractivity contribution in [2.24, 2.45) is 0 Å². The van der Waals surface area contributed by atoms with Crippen LogP contribution in [0.5, 0.6) is 0 Å². The number of nitrogen functional groups attached to an aromatic ring is 1. The average Bonchev–Trinajstić information content (AvgIpc) is 3.32. The second kappa shape index (κ2) is 9.13. The van der Waals surface area contributed by atoms with Crippen molar-refractivity contribution in [1.29, 1.82) is 0 Å². The van der Waals surface area contributed by atoms with Gasteiger partial charge in [-0.1, -0.05) is 19.1 Å². The van der Waals surface area contributed by atoms with Crippen molar-refractivity contribution in [3.63, 3.8) is 0 Å². The lowest BCUT2D eigenvalue weighted by Gasteiger charge is -2.18. The van der Waals surface area contributed by atoms with E-state index in [1.165, 1.54) is 4.57 Å². The molecule has 9 heteroatoms. The summed E-state index contributed by atoms with van der Waals surface area (Å²) in [6, 6.07) is 8.03. The van der Waals surface area contributed by atoms with Crippen LogP contribution in [0.4, 0.5) is 5.82 Å². The molecule has 0 bridgehead atoms. The fraction of sp³-hybridized carbons (Fsp3) is 0.316. The van der Waals surface area contributed by atoms with E-state index in [2.05, 4.69) is 4.98 Å². The highest BCUT2D eigenvalue weighted by atomic mass is 32.1. The summed E-state index contributed by atoms with van der Waals surface area (Å²) in [6.45, 7) is 3.71. The van der Waals surface area contributed by atoms with Crippen molar-refractivity contribution in [1.82, 2.24) is 9.55 Å². The molecular weight excluding hydrogens is 396 g/mol. The molecule has 0 aliphatic carbocycles. The van der Waals surface area contributed by atoms with E-state index in [1.54, 1.807) is 22.7 Å². The molecule has 0 radical (unpaired) electrons. The first-order valence-electron chi connectivity index (χ1n) is 9.03. The maximum absolute atomic E-state index is 13.0. The van der Waals surface area contributed by atoms with Gasteiger partial charge in [-0.2, -0.15) is 0 Å². The van der Waals surface area contributed by atoms with Crippen molar-refractivity contribution in [3.05, 3.63) is 71.2 Å². The quantitative estimate of drug-likeness (QED) is 0.452. The monoisotopic (exact) mass is 419 g/mol.